The first-order valence-corrected chi connectivity index (χ1v) is 6.86. The zero-order valence-electron chi connectivity index (χ0n) is 12.2. The largest absolute Gasteiger partial charge is 0.348 e. The van der Waals surface area contributed by atoms with Crippen LogP contribution in [0, 0.1) is 11.6 Å². The van der Waals surface area contributed by atoms with Gasteiger partial charge in [-0.15, -0.1) is 0 Å². The molecule has 0 radical (unpaired) electrons. The Morgan fingerprint density at radius 3 is 2.55 bits per heavy atom. The fraction of sp³-hybridized carbons (Fsp3) is 0.533. The molecule has 3 nitrogen and oxygen atoms in total. The van der Waals surface area contributed by atoms with Gasteiger partial charge in [-0.3, -0.25) is 4.79 Å². The summed E-state index contributed by atoms with van der Waals surface area (Å²) in [5, 5.41) is 2.74. The van der Waals surface area contributed by atoms with Crippen LogP contribution in [0.2, 0.25) is 0 Å². The Balaban J connectivity index is 2.89. The average molecular weight is 284 g/mol. The molecule has 1 aromatic carbocycles. The van der Waals surface area contributed by atoms with Gasteiger partial charge in [0.25, 0.3) is 0 Å². The zero-order valence-corrected chi connectivity index (χ0v) is 12.2. The van der Waals surface area contributed by atoms with E-state index in [4.69, 9.17) is 5.73 Å². The van der Waals surface area contributed by atoms with Crippen LogP contribution in [0.1, 0.15) is 51.6 Å². The smallest absolute Gasteiger partial charge is 0.240 e. The molecule has 1 amide bonds. The summed E-state index contributed by atoms with van der Waals surface area (Å²) in [6, 6.07) is 2.84. The number of benzene rings is 1. The van der Waals surface area contributed by atoms with Gasteiger partial charge in [0, 0.05) is 11.6 Å². The Kier molecular flexibility index (Phi) is 5.62. The number of hydrogen-bond donors (Lipinski definition) is 2. The van der Waals surface area contributed by atoms with Gasteiger partial charge in [-0.1, -0.05) is 26.3 Å². The average Bonchev–Trinajstić information content (AvgIpc) is 2.36. The Morgan fingerprint density at radius 2 is 2.05 bits per heavy atom. The first kappa shape index (κ1) is 16.6. The van der Waals surface area contributed by atoms with E-state index in [9.17, 15) is 13.6 Å². The van der Waals surface area contributed by atoms with E-state index in [-0.39, 0.29) is 11.5 Å². The molecule has 2 atom stereocenters. The van der Waals surface area contributed by atoms with Gasteiger partial charge in [0.1, 0.15) is 11.6 Å². The van der Waals surface area contributed by atoms with Crippen molar-refractivity contribution in [1.82, 2.24) is 5.32 Å². The lowest BCUT2D eigenvalue weighted by atomic mass is 9.95. The molecule has 0 saturated carbocycles. The first-order chi connectivity index (χ1) is 9.31. The maximum absolute atomic E-state index is 13.8. The van der Waals surface area contributed by atoms with Crippen LogP contribution < -0.4 is 11.1 Å². The van der Waals surface area contributed by atoms with Crippen molar-refractivity contribution in [1.29, 1.82) is 0 Å². The molecule has 2 unspecified atom stereocenters. The lowest BCUT2D eigenvalue weighted by molar-refractivity contribution is -0.126. The van der Waals surface area contributed by atoms with Crippen molar-refractivity contribution in [2.24, 2.45) is 5.73 Å². The molecule has 0 saturated heterocycles. The van der Waals surface area contributed by atoms with E-state index in [2.05, 4.69) is 5.32 Å². The third-order valence-electron chi connectivity index (χ3n) is 3.34. The molecule has 20 heavy (non-hydrogen) atoms. The number of carbonyl (C=O) groups is 1. The lowest BCUT2D eigenvalue weighted by Crippen LogP contribution is -2.52. The van der Waals surface area contributed by atoms with Crippen molar-refractivity contribution in [2.75, 3.05) is 0 Å². The third kappa shape index (κ3) is 4.00. The van der Waals surface area contributed by atoms with Gasteiger partial charge in [0.15, 0.2) is 0 Å². The minimum Gasteiger partial charge on any atom is -0.348 e. The fourth-order valence-corrected chi connectivity index (χ4v) is 2.14. The quantitative estimate of drug-likeness (QED) is 0.843. The molecule has 0 bridgehead atoms. The van der Waals surface area contributed by atoms with E-state index in [0.29, 0.717) is 12.8 Å². The maximum atomic E-state index is 13.8. The molecule has 112 valence electrons. The van der Waals surface area contributed by atoms with E-state index in [1.54, 1.807) is 6.92 Å². The van der Waals surface area contributed by atoms with Crippen LogP contribution in [0.15, 0.2) is 18.2 Å². The van der Waals surface area contributed by atoms with Crippen LogP contribution in [0.25, 0.3) is 0 Å². The van der Waals surface area contributed by atoms with Crippen molar-refractivity contribution in [3.05, 3.63) is 35.4 Å². The molecule has 0 spiro atoms. The Morgan fingerprint density at radius 1 is 1.40 bits per heavy atom. The molecule has 1 rings (SSSR count). The summed E-state index contributed by atoms with van der Waals surface area (Å²) in [4.78, 5) is 12.1. The van der Waals surface area contributed by atoms with Crippen LogP contribution >= 0.6 is 0 Å². The third-order valence-corrected chi connectivity index (χ3v) is 3.34. The summed E-state index contributed by atoms with van der Waals surface area (Å²) in [5.74, 6) is -1.62. The molecule has 5 heteroatoms. The number of amides is 1. The van der Waals surface area contributed by atoms with E-state index in [1.165, 1.54) is 12.1 Å². The number of nitrogens with one attached hydrogen (secondary N) is 1. The molecule has 3 N–H and O–H groups in total. The van der Waals surface area contributed by atoms with Gasteiger partial charge in [0.2, 0.25) is 5.91 Å². The van der Waals surface area contributed by atoms with Crippen molar-refractivity contribution in [2.45, 2.75) is 51.6 Å². The van der Waals surface area contributed by atoms with Crippen LogP contribution in [0.3, 0.4) is 0 Å². The highest BCUT2D eigenvalue weighted by atomic mass is 19.1. The fourth-order valence-electron chi connectivity index (χ4n) is 2.14. The second-order valence-corrected chi connectivity index (χ2v) is 5.27. The molecule has 0 aliphatic carbocycles. The van der Waals surface area contributed by atoms with E-state index in [0.717, 1.165) is 12.5 Å². The summed E-state index contributed by atoms with van der Waals surface area (Å²) < 4.78 is 26.7. The molecule has 0 aliphatic rings. The second-order valence-electron chi connectivity index (χ2n) is 5.27. The molecule has 0 fully saturated rings. The summed E-state index contributed by atoms with van der Waals surface area (Å²) in [7, 11) is 0. The van der Waals surface area contributed by atoms with E-state index >= 15 is 0 Å². The molecular weight excluding hydrogens is 262 g/mol. The van der Waals surface area contributed by atoms with Gasteiger partial charge >= 0.3 is 0 Å². The van der Waals surface area contributed by atoms with Gasteiger partial charge in [-0.2, -0.15) is 0 Å². The highest BCUT2D eigenvalue weighted by Gasteiger charge is 2.29. The van der Waals surface area contributed by atoms with Gasteiger partial charge in [-0.25, -0.2) is 8.78 Å². The number of nitrogens with two attached hydrogens (primary N) is 1. The topological polar surface area (TPSA) is 55.1 Å². The monoisotopic (exact) mass is 284 g/mol. The molecule has 0 aromatic heterocycles. The van der Waals surface area contributed by atoms with Gasteiger partial charge < -0.3 is 11.1 Å². The van der Waals surface area contributed by atoms with E-state index < -0.39 is 23.2 Å². The highest BCUT2D eigenvalue weighted by Crippen LogP contribution is 2.22. The number of halogens is 2. The number of rotatable bonds is 6. The van der Waals surface area contributed by atoms with Gasteiger partial charge in [-0.05, 0) is 25.8 Å². The predicted octanol–water partition coefficient (Wildman–Crippen LogP) is 3.05. The van der Waals surface area contributed by atoms with Crippen molar-refractivity contribution in [3.63, 3.8) is 0 Å². The highest BCUT2D eigenvalue weighted by molar-refractivity contribution is 5.85. The van der Waals surface area contributed by atoms with Crippen LogP contribution in [-0.2, 0) is 4.79 Å². The lowest BCUT2D eigenvalue weighted by Gasteiger charge is -2.27. The van der Waals surface area contributed by atoms with Crippen molar-refractivity contribution in [3.8, 4) is 0 Å². The Hall–Kier alpha value is -1.49. The first-order valence-electron chi connectivity index (χ1n) is 6.86. The summed E-state index contributed by atoms with van der Waals surface area (Å²) in [5.41, 5.74) is 5.23. The van der Waals surface area contributed by atoms with Crippen molar-refractivity contribution < 1.29 is 13.6 Å². The van der Waals surface area contributed by atoms with Crippen molar-refractivity contribution >= 4 is 5.91 Å². The second kappa shape index (κ2) is 6.79. The normalized spacial score (nSPS) is 15.5. The minimum absolute atomic E-state index is 0.273. The van der Waals surface area contributed by atoms with Crippen LogP contribution in [0.4, 0.5) is 8.78 Å². The SMILES string of the molecule is CCCC(C)(N)C(=O)NC(CC)c1ccc(F)cc1F. The maximum Gasteiger partial charge on any atom is 0.240 e. The zero-order chi connectivity index (χ0) is 15.3. The predicted molar refractivity (Wildman–Crippen MR) is 75.0 cm³/mol. The summed E-state index contributed by atoms with van der Waals surface area (Å²) >= 11 is 0. The number of carbonyl (C=O) groups excluding carboxylic acids is 1. The van der Waals surface area contributed by atoms with Crippen LogP contribution in [0.5, 0.6) is 0 Å². The van der Waals surface area contributed by atoms with E-state index in [1.807, 2.05) is 13.8 Å². The Bertz CT molecular complexity index is 475. The molecule has 1 aromatic rings. The van der Waals surface area contributed by atoms with Gasteiger partial charge in [0.05, 0.1) is 11.6 Å². The Labute approximate surface area is 118 Å². The molecular formula is C15H22F2N2O. The molecule has 0 aliphatic heterocycles. The minimum atomic E-state index is -0.987. The summed E-state index contributed by atoms with van der Waals surface area (Å²) in [6.07, 6.45) is 1.82. The standard InChI is InChI=1S/C15H22F2N2O/c1-4-8-15(3,18)14(20)19-13(5-2)11-7-6-10(16)9-12(11)17/h6-7,9,13H,4-5,8,18H2,1-3H3,(H,19,20). The van der Waals surface area contributed by atoms with Crippen LogP contribution in [-0.4, -0.2) is 11.4 Å². The molecule has 0 heterocycles. The summed E-state index contributed by atoms with van der Waals surface area (Å²) in [6.45, 7) is 5.41. The number of hydrogen-bond acceptors (Lipinski definition) is 2.